The highest BCUT2D eigenvalue weighted by atomic mass is 16.5. The van der Waals surface area contributed by atoms with Crippen molar-refractivity contribution in [3.63, 3.8) is 0 Å². The van der Waals surface area contributed by atoms with Crippen LogP contribution in [-0.4, -0.2) is 44.2 Å². The molecule has 0 unspecified atom stereocenters. The van der Waals surface area contributed by atoms with Crippen LogP contribution in [-0.2, 0) is 17.6 Å². The Balaban J connectivity index is 1.28. The number of amides is 2. The third-order valence-corrected chi connectivity index (χ3v) is 8.37. The quantitative estimate of drug-likeness (QED) is 0.279. The molecule has 0 aliphatic carbocycles. The molecule has 0 bridgehead atoms. The van der Waals surface area contributed by atoms with E-state index in [0.717, 1.165) is 76.8 Å². The van der Waals surface area contributed by atoms with Gasteiger partial charge in [-0.15, -0.1) is 0 Å². The van der Waals surface area contributed by atoms with Gasteiger partial charge < -0.3 is 20.3 Å². The number of aryl methyl sites for hydroxylation is 1. The van der Waals surface area contributed by atoms with Crippen molar-refractivity contribution in [1.82, 2.24) is 5.32 Å². The van der Waals surface area contributed by atoms with Gasteiger partial charge in [0.15, 0.2) is 0 Å². The molecule has 0 radical (unpaired) electrons. The zero-order valence-electron chi connectivity index (χ0n) is 24.2. The van der Waals surface area contributed by atoms with Crippen LogP contribution in [0.4, 0.5) is 11.4 Å². The molecule has 0 saturated carbocycles. The van der Waals surface area contributed by atoms with Gasteiger partial charge in [0.25, 0.3) is 11.8 Å². The zero-order chi connectivity index (χ0) is 28.4. The molecule has 2 saturated heterocycles. The number of hydrogen-bond donors (Lipinski definition) is 2. The van der Waals surface area contributed by atoms with E-state index in [-0.39, 0.29) is 17.9 Å². The van der Waals surface area contributed by atoms with E-state index in [0.29, 0.717) is 29.3 Å². The van der Waals surface area contributed by atoms with Crippen LogP contribution < -0.4 is 15.5 Å². The first-order valence-corrected chi connectivity index (χ1v) is 15.3. The minimum absolute atomic E-state index is 0.0688. The van der Waals surface area contributed by atoms with Crippen LogP contribution in [0.25, 0.3) is 0 Å². The Morgan fingerprint density at radius 1 is 0.902 bits per heavy atom. The lowest BCUT2D eigenvalue weighted by molar-refractivity contribution is 0.0858. The summed E-state index contributed by atoms with van der Waals surface area (Å²) in [7, 11) is 0. The summed E-state index contributed by atoms with van der Waals surface area (Å²) in [6.07, 6.45) is 8.63. The molecule has 6 heteroatoms. The van der Waals surface area contributed by atoms with E-state index in [2.05, 4.69) is 52.8 Å². The van der Waals surface area contributed by atoms with Gasteiger partial charge in [0.05, 0.1) is 11.7 Å². The number of rotatable bonds is 11. The van der Waals surface area contributed by atoms with E-state index in [1.165, 1.54) is 11.1 Å². The predicted molar refractivity (Wildman–Crippen MR) is 166 cm³/mol. The predicted octanol–water partition coefficient (Wildman–Crippen LogP) is 6.65. The summed E-state index contributed by atoms with van der Waals surface area (Å²) in [5.41, 5.74) is 5.37. The second-order valence-electron chi connectivity index (χ2n) is 11.5. The van der Waals surface area contributed by atoms with Crippen LogP contribution in [0.15, 0.2) is 72.8 Å². The summed E-state index contributed by atoms with van der Waals surface area (Å²) in [5.74, 6) is 0.336. The lowest BCUT2D eigenvalue weighted by atomic mass is 9.89. The first-order valence-electron chi connectivity index (χ1n) is 15.3. The van der Waals surface area contributed by atoms with Gasteiger partial charge >= 0.3 is 0 Å². The van der Waals surface area contributed by atoms with E-state index >= 15 is 0 Å². The Labute approximate surface area is 244 Å². The van der Waals surface area contributed by atoms with Gasteiger partial charge in [-0.25, -0.2) is 0 Å². The van der Waals surface area contributed by atoms with Crippen LogP contribution in [0.2, 0.25) is 0 Å². The topological polar surface area (TPSA) is 70.7 Å². The normalized spacial score (nSPS) is 17.4. The second-order valence-corrected chi connectivity index (χ2v) is 11.5. The number of nitrogens with zero attached hydrogens (tertiary/aromatic N) is 1. The number of piperidine rings is 1. The van der Waals surface area contributed by atoms with E-state index in [9.17, 15) is 9.59 Å². The molecule has 3 aromatic rings. The standard InChI is InChI=1S/C35H43N3O3/c1-2-3-8-26-12-14-29(15-13-26)34(39)37-30-16-17-33(32(24-30)35(40)36-25-31-11-7-22-41-31)38-20-18-28(19-21-38)23-27-9-5-4-6-10-27/h4-6,9-10,12-17,24,28,31H,2-3,7-8,11,18-23,25H2,1H3,(H,36,40)(H,37,39)/t31-/m1/s1. The highest BCUT2D eigenvalue weighted by Crippen LogP contribution is 2.30. The smallest absolute Gasteiger partial charge is 0.255 e. The van der Waals surface area contributed by atoms with Crippen LogP contribution >= 0.6 is 0 Å². The summed E-state index contributed by atoms with van der Waals surface area (Å²) in [4.78, 5) is 28.9. The second kappa shape index (κ2) is 14.3. The highest BCUT2D eigenvalue weighted by molar-refractivity contribution is 6.06. The van der Waals surface area contributed by atoms with Gasteiger partial charge in [0.2, 0.25) is 0 Å². The Morgan fingerprint density at radius 3 is 2.39 bits per heavy atom. The van der Waals surface area contributed by atoms with Crippen molar-refractivity contribution >= 4 is 23.2 Å². The van der Waals surface area contributed by atoms with Gasteiger partial charge in [-0.1, -0.05) is 55.8 Å². The maximum absolute atomic E-state index is 13.5. The number of nitrogens with one attached hydrogen (secondary N) is 2. The Hall–Kier alpha value is -3.64. The van der Waals surface area contributed by atoms with E-state index in [4.69, 9.17) is 4.74 Å². The third-order valence-electron chi connectivity index (χ3n) is 8.37. The number of anilines is 2. The number of benzene rings is 3. The minimum atomic E-state index is -0.174. The molecule has 2 aliphatic heterocycles. The molecule has 5 rings (SSSR count). The monoisotopic (exact) mass is 553 g/mol. The third kappa shape index (κ3) is 7.98. The molecular formula is C35H43N3O3. The molecule has 2 aliphatic rings. The van der Waals surface area contributed by atoms with E-state index in [1.54, 1.807) is 0 Å². The van der Waals surface area contributed by atoms with Crippen LogP contribution in [0.1, 0.15) is 77.3 Å². The molecular weight excluding hydrogens is 510 g/mol. The van der Waals surface area contributed by atoms with Gasteiger partial charge in [-0.05, 0) is 92.3 Å². The average Bonchev–Trinajstić information content (AvgIpc) is 3.54. The Kier molecular flexibility index (Phi) is 10.1. The van der Waals surface area contributed by atoms with Crippen molar-refractivity contribution in [2.75, 3.05) is 36.5 Å². The molecule has 1 atom stereocenters. The fourth-order valence-corrected chi connectivity index (χ4v) is 5.91. The first kappa shape index (κ1) is 28.9. The molecule has 6 nitrogen and oxygen atoms in total. The molecule has 0 spiro atoms. The van der Waals surface area contributed by atoms with Gasteiger partial charge in [0, 0.05) is 43.2 Å². The minimum Gasteiger partial charge on any atom is -0.376 e. The SMILES string of the molecule is CCCCc1ccc(C(=O)Nc2ccc(N3CCC(Cc4ccccc4)CC3)c(C(=O)NC[C@H]3CCCO3)c2)cc1. The van der Waals surface area contributed by atoms with Crippen molar-refractivity contribution in [2.45, 2.75) is 64.4 Å². The van der Waals surface area contributed by atoms with Gasteiger partial charge in [-0.3, -0.25) is 9.59 Å². The zero-order valence-corrected chi connectivity index (χ0v) is 24.2. The fraction of sp³-hybridized carbons (Fsp3) is 0.429. The van der Waals surface area contributed by atoms with Gasteiger partial charge in [0.1, 0.15) is 0 Å². The summed E-state index contributed by atoms with van der Waals surface area (Å²) in [6.45, 7) is 5.24. The summed E-state index contributed by atoms with van der Waals surface area (Å²) in [5, 5.41) is 6.11. The van der Waals surface area contributed by atoms with Crippen molar-refractivity contribution in [1.29, 1.82) is 0 Å². The number of carbonyl (C=O) groups excluding carboxylic acids is 2. The van der Waals surface area contributed by atoms with Crippen LogP contribution in [0.5, 0.6) is 0 Å². The van der Waals surface area contributed by atoms with E-state index in [1.807, 2.05) is 42.5 Å². The summed E-state index contributed by atoms with van der Waals surface area (Å²) in [6, 6.07) is 24.2. The van der Waals surface area contributed by atoms with E-state index < -0.39 is 0 Å². The number of ether oxygens (including phenoxy) is 1. The van der Waals surface area contributed by atoms with Crippen LogP contribution in [0.3, 0.4) is 0 Å². The Morgan fingerprint density at radius 2 is 1.68 bits per heavy atom. The fourth-order valence-electron chi connectivity index (χ4n) is 5.91. The number of unbranched alkanes of at least 4 members (excludes halogenated alkanes) is 1. The maximum Gasteiger partial charge on any atom is 0.255 e. The molecule has 3 aromatic carbocycles. The lowest BCUT2D eigenvalue weighted by Gasteiger charge is -2.35. The molecule has 41 heavy (non-hydrogen) atoms. The molecule has 0 aromatic heterocycles. The van der Waals surface area contributed by atoms with Crippen molar-refractivity contribution in [3.05, 3.63) is 95.1 Å². The average molecular weight is 554 g/mol. The van der Waals surface area contributed by atoms with Crippen molar-refractivity contribution < 1.29 is 14.3 Å². The van der Waals surface area contributed by atoms with Crippen molar-refractivity contribution in [2.24, 2.45) is 5.92 Å². The molecule has 2 fully saturated rings. The summed E-state index contributed by atoms with van der Waals surface area (Å²) < 4.78 is 5.72. The largest absolute Gasteiger partial charge is 0.376 e. The number of carbonyl (C=O) groups is 2. The van der Waals surface area contributed by atoms with Crippen molar-refractivity contribution in [3.8, 4) is 0 Å². The number of hydrogen-bond acceptors (Lipinski definition) is 4. The highest BCUT2D eigenvalue weighted by Gasteiger charge is 2.25. The lowest BCUT2D eigenvalue weighted by Crippen LogP contribution is -2.37. The van der Waals surface area contributed by atoms with Gasteiger partial charge in [-0.2, -0.15) is 0 Å². The summed E-state index contributed by atoms with van der Waals surface area (Å²) >= 11 is 0. The molecule has 2 N–H and O–H groups in total. The molecule has 2 heterocycles. The molecule has 2 amide bonds. The maximum atomic E-state index is 13.5. The Bertz CT molecular complexity index is 1280. The van der Waals surface area contributed by atoms with Crippen LogP contribution in [0, 0.1) is 5.92 Å². The molecule has 216 valence electrons. The first-order chi connectivity index (χ1) is 20.1.